The number of nitrogens with zero attached hydrogens (tertiary/aromatic N) is 1. The lowest BCUT2D eigenvalue weighted by Crippen LogP contribution is -2.12. The second-order valence-electron chi connectivity index (χ2n) is 4.64. The minimum Gasteiger partial charge on any atom is -0.497 e. The summed E-state index contributed by atoms with van der Waals surface area (Å²) in [6.07, 6.45) is 4.36. The van der Waals surface area contributed by atoms with Crippen LogP contribution in [0, 0.1) is 0 Å². The van der Waals surface area contributed by atoms with Gasteiger partial charge in [0.1, 0.15) is 5.75 Å². The van der Waals surface area contributed by atoms with Crippen LogP contribution in [0.1, 0.15) is 28.9 Å². The number of fused-ring (bicyclic) bond motifs is 1. The largest absolute Gasteiger partial charge is 0.497 e. The molecule has 19 heavy (non-hydrogen) atoms. The Balaban J connectivity index is 2.15. The first-order valence-corrected chi connectivity index (χ1v) is 6.66. The fourth-order valence-electron chi connectivity index (χ4n) is 2.55. The molecule has 1 aliphatic rings. The smallest absolute Gasteiger partial charge is 0.164 e. The summed E-state index contributed by atoms with van der Waals surface area (Å²) in [5.74, 6) is 0.975. The van der Waals surface area contributed by atoms with Crippen molar-refractivity contribution in [2.24, 2.45) is 0 Å². The second kappa shape index (κ2) is 4.74. The zero-order valence-corrected chi connectivity index (χ0v) is 11.4. The third kappa shape index (κ3) is 2.04. The molecule has 98 valence electrons. The van der Waals surface area contributed by atoms with Crippen LogP contribution >= 0.6 is 11.6 Å². The van der Waals surface area contributed by atoms with Gasteiger partial charge in [-0.2, -0.15) is 0 Å². The van der Waals surface area contributed by atoms with Crippen LogP contribution < -0.4 is 4.74 Å². The Morgan fingerprint density at radius 2 is 2.11 bits per heavy atom. The molecule has 0 saturated heterocycles. The van der Waals surface area contributed by atoms with Gasteiger partial charge in [0.05, 0.1) is 17.8 Å². The number of halogens is 1. The zero-order valence-electron chi connectivity index (χ0n) is 10.6. The topological polar surface area (TPSA) is 31.2 Å². The number of carbonyl (C=O) groups is 1. The molecule has 0 spiro atoms. The minimum absolute atomic E-state index is 0.221. The summed E-state index contributed by atoms with van der Waals surface area (Å²) in [6, 6.07) is 7.41. The van der Waals surface area contributed by atoms with Gasteiger partial charge in [0, 0.05) is 29.9 Å². The molecule has 0 atom stereocenters. The lowest BCUT2D eigenvalue weighted by molar-refractivity contribution is 0.0972. The number of aromatic nitrogens is 1. The Labute approximate surface area is 116 Å². The van der Waals surface area contributed by atoms with E-state index >= 15 is 0 Å². The Morgan fingerprint density at radius 3 is 2.89 bits per heavy atom. The van der Waals surface area contributed by atoms with Crippen LogP contribution in [0.2, 0.25) is 5.02 Å². The molecule has 0 aliphatic heterocycles. The van der Waals surface area contributed by atoms with E-state index in [9.17, 15) is 4.79 Å². The van der Waals surface area contributed by atoms with E-state index < -0.39 is 0 Å². The van der Waals surface area contributed by atoms with E-state index in [1.807, 2.05) is 35.0 Å². The first-order chi connectivity index (χ1) is 9.20. The van der Waals surface area contributed by atoms with Gasteiger partial charge in [0.15, 0.2) is 5.78 Å². The first-order valence-electron chi connectivity index (χ1n) is 6.28. The molecular weight excluding hydrogens is 262 g/mol. The van der Waals surface area contributed by atoms with E-state index in [4.69, 9.17) is 16.3 Å². The van der Waals surface area contributed by atoms with Gasteiger partial charge in [0.25, 0.3) is 0 Å². The Hall–Kier alpha value is -1.74. The first kappa shape index (κ1) is 12.3. The number of carbonyl (C=O) groups excluding carboxylic acids is 1. The predicted molar refractivity (Wildman–Crippen MR) is 74.6 cm³/mol. The van der Waals surface area contributed by atoms with Crippen molar-refractivity contribution in [3.63, 3.8) is 0 Å². The summed E-state index contributed by atoms with van der Waals surface area (Å²) in [5.41, 5.74) is 2.73. The molecule has 0 fully saturated rings. The number of rotatable bonds is 2. The fourth-order valence-corrected chi connectivity index (χ4v) is 2.76. The van der Waals surface area contributed by atoms with E-state index in [0.29, 0.717) is 11.4 Å². The molecule has 1 aliphatic carbocycles. The van der Waals surface area contributed by atoms with Gasteiger partial charge >= 0.3 is 0 Å². The van der Waals surface area contributed by atoms with Crippen LogP contribution in [0.3, 0.4) is 0 Å². The number of benzene rings is 1. The molecule has 0 bridgehead atoms. The third-order valence-electron chi connectivity index (χ3n) is 3.52. The van der Waals surface area contributed by atoms with Gasteiger partial charge in [-0.1, -0.05) is 11.6 Å². The summed E-state index contributed by atoms with van der Waals surface area (Å²) in [4.78, 5) is 11.9. The highest BCUT2D eigenvalue weighted by Gasteiger charge is 2.21. The van der Waals surface area contributed by atoms with Crippen LogP contribution in [-0.4, -0.2) is 17.5 Å². The normalized spacial score (nSPS) is 14.3. The van der Waals surface area contributed by atoms with Crippen molar-refractivity contribution >= 4 is 17.4 Å². The lowest BCUT2D eigenvalue weighted by Gasteiger charge is -2.16. The van der Waals surface area contributed by atoms with Crippen molar-refractivity contribution in [2.75, 3.05) is 7.11 Å². The average Bonchev–Trinajstić information content (AvgIpc) is 2.85. The molecule has 2 aromatic rings. The minimum atomic E-state index is 0.221. The Bertz CT molecular complexity index is 646. The molecule has 4 heteroatoms. The molecule has 1 aromatic heterocycles. The number of ketones is 1. The van der Waals surface area contributed by atoms with Crippen molar-refractivity contribution in [1.29, 1.82) is 0 Å². The number of methoxy groups -OCH3 is 1. The maximum Gasteiger partial charge on any atom is 0.164 e. The fraction of sp³-hybridized carbons (Fsp3) is 0.267. The molecule has 0 unspecified atom stereocenters. The van der Waals surface area contributed by atoms with Gasteiger partial charge in [-0.05, 0) is 31.0 Å². The molecule has 3 rings (SSSR count). The van der Waals surface area contributed by atoms with Crippen LogP contribution in [0.5, 0.6) is 5.75 Å². The number of hydrogen-bond acceptors (Lipinski definition) is 2. The molecule has 3 nitrogen and oxygen atoms in total. The molecular formula is C15H14ClNO2. The standard InChI is InChI=1S/C15H14ClNO2/c1-19-10-5-6-12(16)14(9-10)17-8-7-11-13(17)3-2-4-15(11)18/h5-9H,2-4H2,1H3. The van der Waals surface area contributed by atoms with Crippen molar-refractivity contribution in [3.05, 3.63) is 46.7 Å². The number of ether oxygens (including phenoxy) is 1. The molecule has 0 N–H and O–H groups in total. The van der Waals surface area contributed by atoms with Gasteiger partial charge in [-0.3, -0.25) is 4.79 Å². The average molecular weight is 276 g/mol. The van der Waals surface area contributed by atoms with Crippen molar-refractivity contribution in [1.82, 2.24) is 4.57 Å². The summed E-state index contributed by atoms with van der Waals surface area (Å²) in [5, 5.41) is 0.650. The summed E-state index contributed by atoms with van der Waals surface area (Å²) < 4.78 is 7.23. The number of Topliss-reactive ketones (excluding diaryl/α,β-unsaturated/α-hetero) is 1. The second-order valence-corrected chi connectivity index (χ2v) is 5.05. The SMILES string of the molecule is COc1ccc(Cl)c(-n2ccc3c2CCCC3=O)c1. The predicted octanol–water partition coefficient (Wildman–Crippen LogP) is 3.66. The zero-order chi connectivity index (χ0) is 13.4. The molecule has 1 aromatic carbocycles. The highest BCUT2D eigenvalue weighted by Crippen LogP contribution is 2.30. The summed E-state index contributed by atoms with van der Waals surface area (Å²) >= 11 is 6.26. The van der Waals surface area contributed by atoms with E-state index in [1.165, 1.54) is 0 Å². The maximum atomic E-state index is 11.9. The highest BCUT2D eigenvalue weighted by molar-refractivity contribution is 6.32. The van der Waals surface area contributed by atoms with Crippen molar-refractivity contribution < 1.29 is 9.53 Å². The number of hydrogen-bond donors (Lipinski definition) is 0. The Kier molecular flexibility index (Phi) is 3.07. The molecule has 0 amide bonds. The van der Waals surface area contributed by atoms with E-state index in [-0.39, 0.29) is 5.78 Å². The van der Waals surface area contributed by atoms with E-state index in [1.54, 1.807) is 7.11 Å². The van der Waals surface area contributed by atoms with Crippen LogP contribution in [0.25, 0.3) is 5.69 Å². The summed E-state index contributed by atoms with van der Waals surface area (Å²) in [7, 11) is 1.63. The van der Waals surface area contributed by atoms with E-state index in [0.717, 1.165) is 35.5 Å². The van der Waals surface area contributed by atoms with Gasteiger partial charge in [0.2, 0.25) is 0 Å². The Morgan fingerprint density at radius 1 is 1.26 bits per heavy atom. The molecule has 0 saturated carbocycles. The molecule has 1 heterocycles. The summed E-state index contributed by atoms with van der Waals surface area (Å²) in [6.45, 7) is 0. The highest BCUT2D eigenvalue weighted by atomic mass is 35.5. The van der Waals surface area contributed by atoms with Crippen LogP contribution in [-0.2, 0) is 6.42 Å². The van der Waals surface area contributed by atoms with Gasteiger partial charge in [-0.15, -0.1) is 0 Å². The monoisotopic (exact) mass is 275 g/mol. The quantitative estimate of drug-likeness (QED) is 0.837. The van der Waals surface area contributed by atoms with Crippen molar-refractivity contribution in [2.45, 2.75) is 19.3 Å². The third-order valence-corrected chi connectivity index (χ3v) is 3.84. The molecule has 0 radical (unpaired) electrons. The maximum absolute atomic E-state index is 11.9. The van der Waals surface area contributed by atoms with Gasteiger partial charge < -0.3 is 9.30 Å². The van der Waals surface area contributed by atoms with Gasteiger partial charge in [-0.25, -0.2) is 0 Å². The van der Waals surface area contributed by atoms with Crippen LogP contribution in [0.15, 0.2) is 30.5 Å². The van der Waals surface area contributed by atoms with Crippen molar-refractivity contribution in [3.8, 4) is 11.4 Å². The van der Waals surface area contributed by atoms with Crippen LogP contribution in [0.4, 0.5) is 0 Å². The van der Waals surface area contributed by atoms with E-state index in [2.05, 4.69) is 0 Å². The lowest BCUT2D eigenvalue weighted by atomic mass is 9.97.